The van der Waals surface area contributed by atoms with Crippen molar-refractivity contribution >= 4 is 103 Å². The second-order valence-electron chi connectivity index (χ2n) is 23.0. The molecule has 71 heavy (non-hydrogen) atoms. The second-order valence-corrected chi connectivity index (χ2v) is 26.8. The Morgan fingerprint density at radius 2 is 0.746 bits per heavy atom. The molecule has 3 heterocycles. The summed E-state index contributed by atoms with van der Waals surface area (Å²) in [5.41, 5.74) is 18.6. The minimum absolute atomic E-state index is 0.00701. The maximum absolute atomic E-state index is 3.01. The van der Waals surface area contributed by atoms with Gasteiger partial charge in [-0.3, -0.25) is 0 Å². The summed E-state index contributed by atoms with van der Waals surface area (Å²) in [4.78, 5) is 7.74. The molecule has 9 aromatic rings. The van der Waals surface area contributed by atoms with Crippen molar-refractivity contribution in [1.82, 2.24) is 0 Å². The summed E-state index contributed by atoms with van der Waals surface area (Å²) in [6, 6.07) is 81.3. The lowest BCUT2D eigenvalue weighted by Crippen LogP contribution is -2.88. The summed E-state index contributed by atoms with van der Waals surface area (Å²) >= 11 is 0. The highest BCUT2D eigenvalue weighted by atomic mass is 28.3. The molecule has 0 radical (unpaired) electrons. The first-order valence-corrected chi connectivity index (χ1v) is 27.5. The zero-order valence-corrected chi connectivity index (χ0v) is 43.6. The van der Waals surface area contributed by atoms with Gasteiger partial charge >= 0.3 is 0 Å². The van der Waals surface area contributed by atoms with Crippen LogP contribution >= 0.6 is 0 Å². The number of para-hydroxylation sites is 2. The molecule has 348 valence electrons. The highest BCUT2D eigenvalue weighted by molar-refractivity contribution is 7.27. The smallest absolute Gasteiger partial charge is 0.251 e. The van der Waals surface area contributed by atoms with E-state index in [1.54, 1.807) is 0 Å². The first kappa shape index (κ1) is 44.8. The Morgan fingerprint density at radius 3 is 1.17 bits per heavy atom. The molecule has 0 atom stereocenters. The molecule has 0 saturated carbocycles. The minimum atomic E-state index is -3.01. The Bertz CT molecular complexity index is 3370. The van der Waals surface area contributed by atoms with Crippen molar-refractivity contribution in [3.63, 3.8) is 0 Å². The van der Waals surface area contributed by atoms with Gasteiger partial charge < -0.3 is 14.7 Å². The van der Waals surface area contributed by atoms with Crippen LogP contribution in [0.25, 0.3) is 0 Å². The first-order chi connectivity index (χ1) is 34.1. The Kier molecular flexibility index (Phi) is 10.3. The van der Waals surface area contributed by atoms with E-state index in [0.717, 1.165) is 22.7 Å². The maximum atomic E-state index is 2.67. The number of hydrogen-bond donors (Lipinski definition) is 0. The highest BCUT2D eigenvalue weighted by Crippen LogP contribution is 2.49. The maximum Gasteiger partial charge on any atom is 0.251 e. The van der Waals surface area contributed by atoms with E-state index in [0.29, 0.717) is 0 Å². The number of nitrogens with zero attached hydrogens (tertiary/aromatic N) is 3. The van der Waals surface area contributed by atoms with Crippen LogP contribution in [0, 0.1) is 0 Å². The van der Waals surface area contributed by atoms with E-state index in [1.807, 2.05) is 0 Å². The average Bonchev–Trinajstić information content (AvgIpc) is 3.37. The quantitative estimate of drug-likeness (QED) is 0.147. The van der Waals surface area contributed by atoms with Gasteiger partial charge in [0.25, 0.3) is 6.71 Å². The van der Waals surface area contributed by atoms with E-state index in [2.05, 4.69) is 289 Å². The topological polar surface area (TPSA) is 9.72 Å². The Morgan fingerprint density at radius 1 is 0.338 bits per heavy atom. The molecule has 0 saturated heterocycles. The normalized spacial score (nSPS) is 14.3. The lowest BCUT2D eigenvalue weighted by Gasteiger charge is -2.51. The summed E-state index contributed by atoms with van der Waals surface area (Å²) in [7, 11) is -3.01. The monoisotopic (exact) mass is 935 g/mol. The van der Waals surface area contributed by atoms with Crippen LogP contribution in [0.15, 0.2) is 212 Å². The lowest BCUT2D eigenvalue weighted by atomic mass is 9.33. The predicted octanol–water partition coefficient (Wildman–Crippen LogP) is 12.8. The summed E-state index contributed by atoms with van der Waals surface area (Å²) in [6.45, 7) is 21.1. The lowest BCUT2D eigenvalue weighted by molar-refractivity contribution is 0.569. The van der Waals surface area contributed by atoms with E-state index < -0.39 is 8.07 Å². The molecule has 5 heteroatoms. The molecule has 3 nitrogen and oxygen atoms in total. The number of anilines is 9. The largest absolute Gasteiger partial charge is 0.311 e. The fourth-order valence-electron chi connectivity index (χ4n) is 12.0. The van der Waals surface area contributed by atoms with Crippen LogP contribution in [0.5, 0.6) is 0 Å². The summed E-state index contributed by atoms with van der Waals surface area (Å²) in [5, 5.41) is 5.73. The highest BCUT2D eigenvalue weighted by Gasteiger charge is 2.56. The summed E-state index contributed by atoms with van der Waals surface area (Å²) in [5.74, 6) is 0. The van der Waals surface area contributed by atoms with E-state index in [-0.39, 0.29) is 23.0 Å². The molecule has 0 unspecified atom stereocenters. The molecule has 0 N–H and O–H groups in total. The Labute approximate surface area is 423 Å². The van der Waals surface area contributed by atoms with E-state index in [1.165, 1.54) is 82.3 Å². The molecule has 0 spiro atoms. The van der Waals surface area contributed by atoms with Crippen LogP contribution in [-0.4, -0.2) is 14.8 Å². The Balaban J connectivity index is 1.28. The van der Waals surface area contributed by atoms with Gasteiger partial charge in [0, 0.05) is 45.5 Å². The van der Waals surface area contributed by atoms with Crippen LogP contribution in [0.4, 0.5) is 51.2 Å². The number of rotatable bonds is 7. The third-order valence-corrected chi connectivity index (χ3v) is 20.4. The van der Waals surface area contributed by atoms with Crippen molar-refractivity contribution in [2.75, 3.05) is 14.7 Å². The third-order valence-electron chi connectivity index (χ3n) is 15.5. The predicted molar refractivity (Wildman–Crippen MR) is 308 cm³/mol. The molecule has 0 aromatic heterocycles. The van der Waals surface area contributed by atoms with Crippen LogP contribution in [0.3, 0.4) is 0 Å². The Hall–Kier alpha value is -7.34. The summed E-state index contributed by atoms with van der Waals surface area (Å²) in [6.07, 6.45) is 0. The van der Waals surface area contributed by atoms with Gasteiger partial charge in [0.1, 0.15) is 0 Å². The van der Waals surface area contributed by atoms with Crippen LogP contribution in [0.1, 0.15) is 79.0 Å². The average molecular weight is 936 g/mol. The number of benzene rings is 9. The van der Waals surface area contributed by atoms with Crippen molar-refractivity contribution in [2.45, 2.75) is 78.6 Å². The molecule has 0 fully saturated rings. The fourth-order valence-corrected chi connectivity index (χ4v) is 17.3. The molecule has 0 aliphatic carbocycles. The van der Waals surface area contributed by atoms with Gasteiger partial charge in [-0.1, -0.05) is 202 Å². The molecule has 9 aromatic carbocycles. The van der Waals surface area contributed by atoms with Crippen LogP contribution < -0.4 is 51.8 Å². The second kappa shape index (κ2) is 16.4. The molecule has 3 aliphatic rings. The molecular weight excluding hydrogens is 874 g/mol. The van der Waals surface area contributed by atoms with Crippen LogP contribution in [-0.2, 0) is 16.2 Å². The molecule has 3 aliphatic heterocycles. The van der Waals surface area contributed by atoms with Gasteiger partial charge in [-0.05, 0) is 143 Å². The van der Waals surface area contributed by atoms with Crippen molar-refractivity contribution in [1.29, 1.82) is 0 Å². The van der Waals surface area contributed by atoms with Crippen molar-refractivity contribution in [3.05, 3.63) is 229 Å². The van der Waals surface area contributed by atoms with Gasteiger partial charge in [-0.15, -0.1) is 0 Å². The molecule has 0 amide bonds. The van der Waals surface area contributed by atoms with Crippen molar-refractivity contribution < 1.29 is 0 Å². The third kappa shape index (κ3) is 7.06. The summed E-state index contributed by atoms with van der Waals surface area (Å²) < 4.78 is 0. The van der Waals surface area contributed by atoms with Crippen molar-refractivity contribution in [2.24, 2.45) is 0 Å². The van der Waals surface area contributed by atoms with Gasteiger partial charge in [-0.25, -0.2) is 0 Å². The zero-order chi connectivity index (χ0) is 49.0. The van der Waals surface area contributed by atoms with Gasteiger partial charge in [0.2, 0.25) is 0 Å². The number of hydrogen-bond acceptors (Lipinski definition) is 3. The standard InChI is InChI=1S/C66H62BN3Si/c1-64(2,3)45-36-38-50(39-37-45)69-55-32-22-34-59-62(55)67-61-57(69)43-52(68(48-24-14-10-15-25-48)49-26-16-11-17-27-49)44-58(61)70(51-41-46(65(4,5)6)40-47(42-51)66(7,8)9)56-33-23-35-60(63(56)67)71(59,53-28-18-12-19-29-53)54-30-20-13-21-31-54/h10-44H,1-9H3. The van der Waals surface area contributed by atoms with Gasteiger partial charge in [-0.2, -0.15) is 0 Å². The molecular formula is C66H62BN3Si. The van der Waals surface area contributed by atoms with E-state index >= 15 is 0 Å². The van der Waals surface area contributed by atoms with Gasteiger partial charge in [0.05, 0.1) is 5.69 Å². The molecule has 0 bridgehead atoms. The zero-order valence-electron chi connectivity index (χ0n) is 42.6. The van der Waals surface area contributed by atoms with Gasteiger partial charge in [0.15, 0.2) is 8.07 Å². The van der Waals surface area contributed by atoms with Crippen LogP contribution in [0.2, 0.25) is 0 Å². The van der Waals surface area contributed by atoms with E-state index in [9.17, 15) is 0 Å². The van der Waals surface area contributed by atoms with Crippen molar-refractivity contribution in [3.8, 4) is 0 Å². The van der Waals surface area contributed by atoms with E-state index in [4.69, 9.17) is 0 Å². The molecule has 12 rings (SSSR count). The minimum Gasteiger partial charge on any atom is -0.311 e. The fraction of sp³-hybridized carbons (Fsp3) is 0.182. The SMILES string of the molecule is CC(C)(C)c1ccc(N2c3cc(N(c4ccccc4)c4ccccc4)cc4c3B3c5c2cccc5[Si](c2ccccc2)(c2ccccc2)c2cccc(c23)N4c2cc(C(C)(C)C)cc(C(C)(C)C)c2)cc1. The first-order valence-electron chi connectivity index (χ1n) is 25.5.